The Morgan fingerprint density at radius 1 is 1.04 bits per heavy atom. The number of aromatic nitrogens is 1. The number of aromatic amines is 1. The Hall–Kier alpha value is -2.63. The monoisotopic (exact) mass is 369 g/mol. The van der Waals surface area contributed by atoms with Gasteiger partial charge >= 0.3 is 5.97 Å². The first-order valence-corrected chi connectivity index (χ1v) is 8.78. The van der Waals surface area contributed by atoms with Crippen LogP contribution in [0.4, 0.5) is 0 Å². The lowest BCUT2D eigenvalue weighted by Gasteiger charge is -2.03. The molecule has 6 heteroatoms. The summed E-state index contributed by atoms with van der Waals surface area (Å²) in [6, 6.07) is 15.0. The number of hydrogen-bond acceptors (Lipinski definition) is 4. The predicted octanol–water partition coefficient (Wildman–Crippen LogP) is 5.08. The number of hydrogen-bond donors (Lipinski definition) is 1. The molecule has 0 amide bonds. The van der Waals surface area contributed by atoms with E-state index in [1.165, 1.54) is 11.3 Å². The third-order valence-electron chi connectivity index (χ3n) is 3.94. The first-order valence-electron chi connectivity index (χ1n) is 7.58. The number of esters is 1. The van der Waals surface area contributed by atoms with E-state index in [0.29, 0.717) is 15.5 Å². The van der Waals surface area contributed by atoms with Crippen molar-refractivity contribution in [3.05, 3.63) is 70.2 Å². The number of rotatable bonds is 4. The highest BCUT2D eigenvalue weighted by molar-refractivity contribution is 7.21. The van der Waals surface area contributed by atoms with Crippen molar-refractivity contribution < 1.29 is 14.3 Å². The fourth-order valence-corrected chi connectivity index (χ4v) is 4.12. The Morgan fingerprint density at radius 3 is 2.56 bits per heavy atom. The highest BCUT2D eigenvalue weighted by Gasteiger charge is 2.20. The van der Waals surface area contributed by atoms with Crippen LogP contribution in [0, 0.1) is 0 Å². The van der Waals surface area contributed by atoms with Gasteiger partial charge in [0.2, 0.25) is 5.78 Å². The van der Waals surface area contributed by atoms with E-state index >= 15 is 0 Å². The number of para-hydroxylation sites is 1. The van der Waals surface area contributed by atoms with Crippen LogP contribution in [-0.2, 0) is 4.74 Å². The Balaban J connectivity index is 1.53. The Labute approximate surface area is 152 Å². The number of benzene rings is 2. The van der Waals surface area contributed by atoms with Gasteiger partial charge in [-0.05, 0) is 12.1 Å². The van der Waals surface area contributed by atoms with Gasteiger partial charge in [-0.15, -0.1) is 11.3 Å². The van der Waals surface area contributed by atoms with E-state index in [4.69, 9.17) is 16.3 Å². The Bertz CT molecular complexity index is 1110. The van der Waals surface area contributed by atoms with Gasteiger partial charge in [0.1, 0.15) is 4.88 Å². The molecule has 4 aromatic rings. The molecule has 2 aromatic heterocycles. The minimum absolute atomic E-state index is 0.261. The zero-order chi connectivity index (χ0) is 17.4. The lowest BCUT2D eigenvalue weighted by Crippen LogP contribution is -2.13. The number of thiophene rings is 1. The van der Waals surface area contributed by atoms with Gasteiger partial charge in [-0.3, -0.25) is 4.79 Å². The van der Waals surface area contributed by atoms with Crippen molar-refractivity contribution in [1.29, 1.82) is 0 Å². The van der Waals surface area contributed by atoms with Gasteiger partial charge in [-0.1, -0.05) is 48.0 Å². The summed E-state index contributed by atoms with van der Waals surface area (Å²) in [5.41, 5.74) is 1.37. The molecule has 1 N–H and O–H groups in total. The number of fused-ring (bicyclic) bond motifs is 2. The molecule has 0 fully saturated rings. The summed E-state index contributed by atoms with van der Waals surface area (Å²) in [7, 11) is 0. The molecule has 2 heterocycles. The second-order valence-electron chi connectivity index (χ2n) is 5.49. The van der Waals surface area contributed by atoms with Crippen LogP contribution in [0.2, 0.25) is 5.02 Å². The minimum Gasteiger partial charge on any atom is -0.453 e. The number of ketones is 1. The Kier molecular flexibility index (Phi) is 4.03. The van der Waals surface area contributed by atoms with Crippen LogP contribution in [0.5, 0.6) is 0 Å². The van der Waals surface area contributed by atoms with Crippen LogP contribution < -0.4 is 0 Å². The number of Topliss-reactive ketones (excluding diaryl/α,β-unsaturated/α-hetero) is 1. The molecule has 2 aromatic carbocycles. The van der Waals surface area contributed by atoms with Crippen molar-refractivity contribution in [2.75, 3.05) is 6.61 Å². The van der Waals surface area contributed by atoms with Crippen LogP contribution in [0.1, 0.15) is 20.0 Å². The van der Waals surface area contributed by atoms with Gasteiger partial charge < -0.3 is 9.72 Å². The van der Waals surface area contributed by atoms with Crippen LogP contribution in [0.15, 0.2) is 54.7 Å². The normalized spacial score (nSPS) is 11.1. The number of carbonyl (C=O) groups excluding carboxylic acids is 2. The maximum Gasteiger partial charge on any atom is 0.350 e. The van der Waals surface area contributed by atoms with Crippen LogP contribution in [-0.4, -0.2) is 23.3 Å². The van der Waals surface area contributed by atoms with Crippen molar-refractivity contribution in [3.63, 3.8) is 0 Å². The predicted molar refractivity (Wildman–Crippen MR) is 99.7 cm³/mol. The summed E-state index contributed by atoms with van der Waals surface area (Å²) in [5, 5.41) is 1.98. The van der Waals surface area contributed by atoms with Crippen LogP contribution >= 0.6 is 22.9 Å². The summed E-state index contributed by atoms with van der Waals surface area (Å²) in [5.74, 6) is -0.845. The standard InChI is InChI=1S/C19H12ClNO3S/c20-17-12-6-2-4-8-16(12)25-18(17)19(23)24-10-15(22)13-9-21-14-7-3-1-5-11(13)14/h1-9,21H,10H2. The van der Waals surface area contributed by atoms with Gasteiger partial charge in [-0.25, -0.2) is 4.79 Å². The first kappa shape index (κ1) is 15.9. The average molecular weight is 370 g/mol. The SMILES string of the molecule is O=C(OCC(=O)c1c[nH]c2ccccc12)c1sc2ccccc2c1Cl. The van der Waals surface area contributed by atoms with Crippen molar-refractivity contribution in [2.45, 2.75) is 0 Å². The quantitative estimate of drug-likeness (QED) is 0.403. The lowest BCUT2D eigenvalue weighted by molar-refractivity contribution is 0.0480. The van der Waals surface area contributed by atoms with E-state index in [-0.39, 0.29) is 12.4 Å². The number of carbonyl (C=O) groups is 2. The van der Waals surface area contributed by atoms with E-state index in [2.05, 4.69) is 4.98 Å². The number of nitrogens with one attached hydrogen (secondary N) is 1. The van der Waals surface area contributed by atoms with Gasteiger partial charge in [0, 0.05) is 32.7 Å². The number of halogens is 1. The molecule has 0 aliphatic heterocycles. The zero-order valence-corrected chi connectivity index (χ0v) is 14.5. The van der Waals surface area contributed by atoms with E-state index in [1.54, 1.807) is 6.20 Å². The Morgan fingerprint density at radius 2 is 1.76 bits per heavy atom. The molecule has 0 unspecified atom stereocenters. The maximum atomic E-state index is 12.4. The summed E-state index contributed by atoms with van der Waals surface area (Å²) in [6.07, 6.45) is 1.63. The summed E-state index contributed by atoms with van der Waals surface area (Å²) >= 11 is 7.52. The van der Waals surface area contributed by atoms with E-state index in [1.807, 2.05) is 48.5 Å². The molecular formula is C19H12ClNO3S. The smallest absolute Gasteiger partial charge is 0.350 e. The zero-order valence-electron chi connectivity index (χ0n) is 12.9. The molecule has 0 saturated heterocycles. The molecule has 0 radical (unpaired) electrons. The van der Waals surface area contributed by atoms with Gasteiger partial charge in [-0.2, -0.15) is 0 Å². The molecular weight excluding hydrogens is 358 g/mol. The van der Waals surface area contributed by atoms with Gasteiger partial charge in [0.05, 0.1) is 5.02 Å². The number of H-pyrrole nitrogens is 1. The highest BCUT2D eigenvalue weighted by Crippen LogP contribution is 2.35. The summed E-state index contributed by atoms with van der Waals surface area (Å²) < 4.78 is 6.10. The molecule has 4 rings (SSSR count). The molecule has 124 valence electrons. The van der Waals surface area contributed by atoms with Gasteiger partial charge in [0.15, 0.2) is 6.61 Å². The largest absolute Gasteiger partial charge is 0.453 e. The molecule has 0 aliphatic carbocycles. The van der Waals surface area contributed by atoms with Crippen LogP contribution in [0.3, 0.4) is 0 Å². The van der Waals surface area contributed by atoms with E-state index < -0.39 is 5.97 Å². The molecule has 25 heavy (non-hydrogen) atoms. The fourth-order valence-electron chi connectivity index (χ4n) is 2.72. The summed E-state index contributed by atoms with van der Waals surface area (Å²) in [4.78, 5) is 28.1. The topological polar surface area (TPSA) is 59.2 Å². The van der Waals surface area contributed by atoms with Crippen LogP contribution in [0.25, 0.3) is 21.0 Å². The number of ether oxygens (including phenoxy) is 1. The van der Waals surface area contributed by atoms with Crippen molar-refractivity contribution in [1.82, 2.24) is 4.98 Å². The maximum absolute atomic E-state index is 12.4. The molecule has 4 nitrogen and oxygen atoms in total. The molecule has 0 aliphatic rings. The summed E-state index contributed by atoms with van der Waals surface area (Å²) in [6.45, 7) is -0.328. The third kappa shape index (κ3) is 2.81. The van der Waals surface area contributed by atoms with Crippen molar-refractivity contribution in [2.24, 2.45) is 0 Å². The van der Waals surface area contributed by atoms with Crippen molar-refractivity contribution in [3.8, 4) is 0 Å². The minimum atomic E-state index is -0.584. The van der Waals surface area contributed by atoms with E-state index in [9.17, 15) is 9.59 Å². The average Bonchev–Trinajstić information content (AvgIpc) is 3.21. The fraction of sp³-hybridized carbons (Fsp3) is 0.0526. The second-order valence-corrected chi connectivity index (χ2v) is 6.92. The van der Waals surface area contributed by atoms with Crippen molar-refractivity contribution >= 4 is 55.7 Å². The van der Waals surface area contributed by atoms with Gasteiger partial charge in [0.25, 0.3) is 0 Å². The highest BCUT2D eigenvalue weighted by atomic mass is 35.5. The molecule has 0 atom stereocenters. The molecule has 0 saturated carbocycles. The third-order valence-corrected chi connectivity index (χ3v) is 5.60. The van der Waals surface area contributed by atoms with E-state index in [0.717, 1.165) is 21.0 Å². The lowest BCUT2D eigenvalue weighted by atomic mass is 10.1. The molecule has 0 spiro atoms. The molecule has 0 bridgehead atoms. The first-order chi connectivity index (χ1) is 12.1. The second kappa shape index (κ2) is 6.35.